The number of nitrogens with one attached hydrogen (secondary N) is 2. The van der Waals surface area contributed by atoms with E-state index in [1.165, 1.54) is 9.80 Å². The van der Waals surface area contributed by atoms with Crippen LogP contribution < -0.4 is 15.4 Å². The van der Waals surface area contributed by atoms with Crippen LogP contribution >= 0.6 is 23.2 Å². The van der Waals surface area contributed by atoms with Crippen LogP contribution in [0.5, 0.6) is 11.5 Å². The molecule has 0 saturated carbocycles. The monoisotopic (exact) mass is 564 g/mol. The van der Waals surface area contributed by atoms with Crippen molar-refractivity contribution in [2.24, 2.45) is 0 Å². The molecular formula is C29H26Cl2N4O4. The van der Waals surface area contributed by atoms with Crippen molar-refractivity contribution in [2.75, 3.05) is 18.4 Å². The minimum Gasteiger partial charge on any atom is -0.457 e. The summed E-state index contributed by atoms with van der Waals surface area (Å²) in [6.45, 7) is 3.98. The summed E-state index contributed by atoms with van der Waals surface area (Å²) in [6, 6.07) is 19.4. The van der Waals surface area contributed by atoms with Gasteiger partial charge in [0.15, 0.2) is 0 Å². The molecule has 0 saturated heterocycles. The Hall–Kier alpha value is -4.01. The minimum absolute atomic E-state index is 0.121. The van der Waals surface area contributed by atoms with Gasteiger partial charge in [-0.15, -0.1) is 0 Å². The van der Waals surface area contributed by atoms with Crippen LogP contribution in [0.3, 0.4) is 0 Å². The highest BCUT2D eigenvalue weighted by atomic mass is 35.5. The maximum Gasteiger partial charge on any atom is 0.322 e. The highest BCUT2D eigenvalue weighted by Gasteiger charge is 2.46. The van der Waals surface area contributed by atoms with Crippen molar-refractivity contribution in [1.82, 2.24) is 15.1 Å². The Balaban J connectivity index is 1.33. The number of benzene rings is 3. The van der Waals surface area contributed by atoms with Crippen LogP contribution in [0, 0.1) is 0 Å². The molecule has 0 radical (unpaired) electrons. The molecule has 0 unspecified atom stereocenters. The molecule has 0 aliphatic carbocycles. The van der Waals surface area contributed by atoms with Crippen LogP contribution in [0.25, 0.3) is 0 Å². The number of carbonyl (C=O) groups excluding carboxylic acids is 3. The normalized spacial score (nSPS) is 17.6. The van der Waals surface area contributed by atoms with Crippen LogP contribution in [-0.4, -0.2) is 46.8 Å². The number of carbonyl (C=O) groups is 3. The zero-order valence-corrected chi connectivity index (χ0v) is 22.8. The number of urea groups is 1. The van der Waals surface area contributed by atoms with E-state index >= 15 is 0 Å². The Morgan fingerprint density at radius 3 is 2.41 bits per heavy atom. The molecule has 0 fully saturated rings. The largest absolute Gasteiger partial charge is 0.457 e. The fourth-order valence-corrected chi connectivity index (χ4v) is 5.27. The second-order valence-electron chi connectivity index (χ2n) is 9.19. The third kappa shape index (κ3) is 5.30. The Labute approximate surface area is 236 Å². The molecule has 5 rings (SSSR count). The maximum atomic E-state index is 13.7. The number of halogens is 2. The van der Waals surface area contributed by atoms with Gasteiger partial charge in [0.25, 0.3) is 5.91 Å². The fourth-order valence-electron chi connectivity index (χ4n) is 4.75. The standard InChI is InChI=1S/C29H26Cl2N4O4/c1-3-34-24-16-35(28(37)25(24)26(33-29(34)38)22-14-9-18(30)15-23(22)31)17(2)27(36)32-19-10-12-21(13-11-19)39-20-7-5-4-6-8-20/h4-15,17,26H,3,16H2,1-2H3,(H,32,36)(H,33,38)/t17-,26-/m0/s1. The van der Waals surface area contributed by atoms with Gasteiger partial charge in [0.2, 0.25) is 5.91 Å². The molecule has 200 valence electrons. The average Bonchev–Trinajstić information content (AvgIpc) is 3.26. The van der Waals surface area contributed by atoms with Crippen LogP contribution in [0.1, 0.15) is 25.5 Å². The Morgan fingerprint density at radius 2 is 1.74 bits per heavy atom. The molecule has 10 heteroatoms. The number of ether oxygens (including phenoxy) is 1. The number of para-hydroxylation sites is 1. The van der Waals surface area contributed by atoms with Crippen molar-refractivity contribution in [2.45, 2.75) is 25.9 Å². The smallest absolute Gasteiger partial charge is 0.322 e. The molecule has 2 N–H and O–H groups in total. The molecule has 2 aliphatic rings. The zero-order valence-electron chi connectivity index (χ0n) is 21.3. The Bertz CT molecular complexity index is 1460. The maximum absolute atomic E-state index is 13.7. The first kappa shape index (κ1) is 26.6. The predicted molar refractivity (Wildman–Crippen MR) is 150 cm³/mol. The number of hydrogen-bond acceptors (Lipinski definition) is 4. The Morgan fingerprint density at radius 1 is 1.05 bits per heavy atom. The molecule has 2 aliphatic heterocycles. The lowest BCUT2D eigenvalue weighted by Crippen LogP contribution is -2.47. The number of likely N-dealkylation sites (N-methyl/N-ethyl adjacent to an activating group) is 1. The summed E-state index contributed by atoms with van der Waals surface area (Å²) in [6.07, 6.45) is 0. The second kappa shape index (κ2) is 11.0. The van der Waals surface area contributed by atoms with Crippen molar-refractivity contribution in [3.05, 3.63) is 99.7 Å². The van der Waals surface area contributed by atoms with E-state index in [2.05, 4.69) is 10.6 Å². The van der Waals surface area contributed by atoms with Gasteiger partial charge in [-0.25, -0.2) is 4.79 Å². The molecule has 2 atom stereocenters. The van der Waals surface area contributed by atoms with Crippen LogP contribution in [0.4, 0.5) is 10.5 Å². The average molecular weight is 565 g/mol. The Kier molecular flexibility index (Phi) is 7.50. The lowest BCUT2D eigenvalue weighted by molar-refractivity contribution is -0.133. The van der Waals surface area contributed by atoms with E-state index in [0.29, 0.717) is 50.6 Å². The lowest BCUT2D eigenvalue weighted by atomic mass is 9.95. The first-order chi connectivity index (χ1) is 18.8. The van der Waals surface area contributed by atoms with E-state index in [0.717, 1.165) is 0 Å². The number of hydrogen-bond donors (Lipinski definition) is 2. The predicted octanol–water partition coefficient (Wildman–Crippen LogP) is 6.00. The summed E-state index contributed by atoms with van der Waals surface area (Å²) >= 11 is 12.5. The van der Waals surface area contributed by atoms with Crippen LogP contribution in [0.2, 0.25) is 10.0 Å². The summed E-state index contributed by atoms with van der Waals surface area (Å²) in [5.74, 6) is 0.638. The second-order valence-corrected chi connectivity index (χ2v) is 10.0. The molecule has 3 aromatic carbocycles. The van der Waals surface area contributed by atoms with Gasteiger partial charge in [-0.1, -0.05) is 47.5 Å². The van der Waals surface area contributed by atoms with Crippen molar-refractivity contribution >= 4 is 46.7 Å². The number of amides is 4. The molecule has 39 heavy (non-hydrogen) atoms. The third-order valence-corrected chi connectivity index (χ3v) is 7.35. The first-order valence-corrected chi connectivity index (χ1v) is 13.2. The number of nitrogens with zero attached hydrogens (tertiary/aromatic N) is 2. The summed E-state index contributed by atoms with van der Waals surface area (Å²) in [7, 11) is 0. The van der Waals surface area contributed by atoms with E-state index in [4.69, 9.17) is 27.9 Å². The molecule has 4 amide bonds. The van der Waals surface area contributed by atoms with E-state index in [1.807, 2.05) is 37.3 Å². The van der Waals surface area contributed by atoms with Gasteiger partial charge in [-0.2, -0.15) is 0 Å². The van der Waals surface area contributed by atoms with Gasteiger partial charge in [0.05, 0.1) is 23.9 Å². The van der Waals surface area contributed by atoms with Crippen LogP contribution in [-0.2, 0) is 9.59 Å². The highest BCUT2D eigenvalue weighted by Crippen LogP contribution is 2.39. The van der Waals surface area contributed by atoms with Crippen molar-refractivity contribution in [3.63, 3.8) is 0 Å². The molecule has 8 nitrogen and oxygen atoms in total. The van der Waals surface area contributed by atoms with E-state index in [-0.39, 0.29) is 24.4 Å². The fraction of sp³-hybridized carbons (Fsp3) is 0.207. The minimum atomic E-state index is -0.807. The van der Waals surface area contributed by atoms with Gasteiger partial charge < -0.3 is 20.3 Å². The van der Waals surface area contributed by atoms with Crippen molar-refractivity contribution in [1.29, 1.82) is 0 Å². The van der Waals surface area contributed by atoms with E-state index < -0.39 is 12.1 Å². The van der Waals surface area contributed by atoms with Crippen LogP contribution in [0.15, 0.2) is 84.1 Å². The molecule has 2 heterocycles. The molecule has 0 spiro atoms. The summed E-state index contributed by atoms with van der Waals surface area (Å²) in [5.41, 5.74) is 2.07. The van der Waals surface area contributed by atoms with E-state index in [1.54, 1.807) is 49.4 Å². The lowest BCUT2D eigenvalue weighted by Gasteiger charge is -2.33. The van der Waals surface area contributed by atoms with E-state index in [9.17, 15) is 14.4 Å². The highest BCUT2D eigenvalue weighted by molar-refractivity contribution is 6.35. The van der Waals surface area contributed by atoms with Gasteiger partial charge in [0, 0.05) is 22.3 Å². The van der Waals surface area contributed by atoms with Gasteiger partial charge >= 0.3 is 6.03 Å². The summed E-state index contributed by atoms with van der Waals surface area (Å²) in [4.78, 5) is 42.8. The SMILES string of the molecule is CCN1C(=O)N[C@@H](c2ccc(Cl)cc2Cl)C2=C1CN([C@@H](C)C(=O)Nc1ccc(Oc3ccccc3)cc1)C2=O. The van der Waals surface area contributed by atoms with Gasteiger partial charge in [-0.05, 0) is 67.9 Å². The molecule has 0 aromatic heterocycles. The first-order valence-electron chi connectivity index (χ1n) is 12.5. The van der Waals surface area contributed by atoms with Crippen molar-refractivity contribution < 1.29 is 19.1 Å². The van der Waals surface area contributed by atoms with Gasteiger partial charge in [-0.3, -0.25) is 14.5 Å². The van der Waals surface area contributed by atoms with Gasteiger partial charge in [0.1, 0.15) is 17.5 Å². The zero-order chi connectivity index (χ0) is 27.7. The molecule has 3 aromatic rings. The summed E-state index contributed by atoms with van der Waals surface area (Å²) < 4.78 is 5.80. The summed E-state index contributed by atoms with van der Waals surface area (Å²) in [5, 5.41) is 6.53. The number of rotatable bonds is 7. The quantitative estimate of drug-likeness (QED) is 0.368. The molecule has 0 bridgehead atoms. The topological polar surface area (TPSA) is 91.0 Å². The third-order valence-electron chi connectivity index (χ3n) is 6.79. The number of anilines is 1. The van der Waals surface area contributed by atoms with Crippen molar-refractivity contribution in [3.8, 4) is 11.5 Å². The molecular weight excluding hydrogens is 539 g/mol.